The Morgan fingerprint density at radius 1 is 1.00 bits per heavy atom. The van der Waals surface area contributed by atoms with Gasteiger partial charge in [0, 0.05) is 12.8 Å². The number of ether oxygens (including phenoxy) is 1. The SMILES string of the molecule is CCCC(=S)OC(=S)CCC. The van der Waals surface area contributed by atoms with E-state index in [0.717, 1.165) is 25.7 Å². The molecule has 0 aromatic heterocycles. The van der Waals surface area contributed by atoms with Crippen molar-refractivity contribution in [3.8, 4) is 0 Å². The average Bonchev–Trinajstić information content (AvgIpc) is 1.87. The van der Waals surface area contributed by atoms with Crippen LogP contribution in [0.15, 0.2) is 0 Å². The first kappa shape index (κ1) is 11.0. The molecule has 0 radical (unpaired) electrons. The Labute approximate surface area is 79.1 Å². The second-order valence-electron chi connectivity index (χ2n) is 2.35. The van der Waals surface area contributed by atoms with Crippen molar-refractivity contribution in [3.63, 3.8) is 0 Å². The van der Waals surface area contributed by atoms with Gasteiger partial charge in [0.25, 0.3) is 0 Å². The van der Waals surface area contributed by atoms with E-state index in [1.807, 2.05) is 0 Å². The Bertz CT molecular complexity index is 127. The van der Waals surface area contributed by atoms with Gasteiger partial charge in [-0.05, 0) is 37.3 Å². The highest BCUT2D eigenvalue weighted by molar-refractivity contribution is 7.81. The molecule has 0 aromatic carbocycles. The fourth-order valence-electron chi connectivity index (χ4n) is 0.637. The van der Waals surface area contributed by atoms with Gasteiger partial charge in [-0.2, -0.15) is 0 Å². The van der Waals surface area contributed by atoms with E-state index < -0.39 is 0 Å². The smallest absolute Gasteiger partial charge is 0.168 e. The number of thiocarbonyl (C=S) groups is 2. The largest absolute Gasteiger partial charge is 0.443 e. The molecule has 0 aromatic rings. The van der Waals surface area contributed by atoms with Crippen LogP contribution in [0.5, 0.6) is 0 Å². The highest BCUT2D eigenvalue weighted by Gasteiger charge is 1.99. The third-order valence-electron chi connectivity index (χ3n) is 1.14. The molecule has 0 N–H and O–H groups in total. The molecular formula is C8H14OS2. The van der Waals surface area contributed by atoms with Crippen LogP contribution in [0.4, 0.5) is 0 Å². The molecule has 0 unspecified atom stereocenters. The number of hydrogen-bond acceptors (Lipinski definition) is 3. The zero-order valence-corrected chi connectivity index (χ0v) is 8.69. The zero-order valence-electron chi connectivity index (χ0n) is 7.05. The van der Waals surface area contributed by atoms with Crippen molar-refractivity contribution in [2.75, 3.05) is 0 Å². The minimum absolute atomic E-state index is 0.631. The molecule has 11 heavy (non-hydrogen) atoms. The fourth-order valence-corrected chi connectivity index (χ4v) is 1.30. The zero-order chi connectivity index (χ0) is 8.69. The van der Waals surface area contributed by atoms with Crippen LogP contribution >= 0.6 is 24.4 Å². The Kier molecular flexibility index (Phi) is 6.66. The van der Waals surface area contributed by atoms with E-state index in [2.05, 4.69) is 13.8 Å². The standard InChI is InChI=1S/C8H14OS2/c1-3-5-7(10)9-8(11)6-4-2/h3-6H2,1-2H3. The lowest BCUT2D eigenvalue weighted by atomic mass is 10.3. The van der Waals surface area contributed by atoms with Crippen LogP contribution in [0.1, 0.15) is 39.5 Å². The maximum Gasteiger partial charge on any atom is 0.168 e. The van der Waals surface area contributed by atoms with Gasteiger partial charge in [-0.15, -0.1) is 0 Å². The minimum Gasteiger partial charge on any atom is -0.443 e. The lowest BCUT2D eigenvalue weighted by Gasteiger charge is -2.05. The summed E-state index contributed by atoms with van der Waals surface area (Å²) in [5, 5.41) is 1.26. The van der Waals surface area contributed by atoms with Gasteiger partial charge >= 0.3 is 0 Å². The first-order valence-electron chi connectivity index (χ1n) is 3.94. The van der Waals surface area contributed by atoms with Crippen molar-refractivity contribution in [3.05, 3.63) is 0 Å². The van der Waals surface area contributed by atoms with Crippen LogP contribution in [0.2, 0.25) is 0 Å². The van der Waals surface area contributed by atoms with E-state index in [1.165, 1.54) is 0 Å². The lowest BCUT2D eigenvalue weighted by molar-refractivity contribution is 0.534. The van der Waals surface area contributed by atoms with Crippen molar-refractivity contribution < 1.29 is 4.74 Å². The summed E-state index contributed by atoms with van der Waals surface area (Å²) in [4.78, 5) is 0. The van der Waals surface area contributed by atoms with Crippen molar-refractivity contribution in [2.45, 2.75) is 39.5 Å². The van der Waals surface area contributed by atoms with E-state index >= 15 is 0 Å². The molecule has 0 amide bonds. The second kappa shape index (κ2) is 6.68. The minimum atomic E-state index is 0.631. The quantitative estimate of drug-likeness (QED) is 0.630. The van der Waals surface area contributed by atoms with Crippen LogP contribution in [-0.2, 0) is 4.74 Å². The van der Waals surface area contributed by atoms with Crippen LogP contribution in [0, 0.1) is 0 Å². The molecule has 0 aliphatic rings. The van der Waals surface area contributed by atoms with Gasteiger partial charge in [0.05, 0.1) is 0 Å². The van der Waals surface area contributed by atoms with Crippen molar-refractivity contribution >= 4 is 34.5 Å². The van der Waals surface area contributed by atoms with E-state index in [9.17, 15) is 0 Å². The first-order chi connectivity index (χ1) is 5.20. The fraction of sp³-hybridized carbons (Fsp3) is 0.750. The summed E-state index contributed by atoms with van der Waals surface area (Å²) in [6.07, 6.45) is 3.71. The van der Waals surface area contributed by atoms with Gasteiger partial charge in [-0.25, -0.2) is 0 Å². The summed E-state index contributed by atoms with van der Waals surface area (Å²) in [6, 6.07) is 0. The molecule has 1 nitrogen and oxygen atoms in total. The summed E-state index contributed by atoms with van der Waals surface area (Å²) < 4.78 is 5.19. The number of hydrogen-bond donors (Lipinski definition) is 0. The van der Waals surface area contributed by atoms with Gasteiger partial charge in [0.15, 0.2) is 10.1 Å². The molecule has 0 spiro atoms. The van der Waals surface area contributed by atoms with Gasteiger partial charge in [-0.3, -0.25) is 0 Å². The predicted octanol–water partition coefficient (Wildman–Crippen LogP) is 3.26. The van der Waals surface area contributed by atoms with E-state index in [1.54, 1.807) is 0 Å². The Hall–Kier alpha value is -0.0200. The molecule has 0 fully saturated rings. The van der Waals surface area contributed by atoms with Crippen molar-refractivity contribution in [1.82, 2.24) is 0 Å². The van der Waals surface area contributed by atoms with E-state index in [-0.39, 0.29) is 0 Å². The third-order valence-corrected chi connectivity index (χ3v) is 1.71. The molecule has 0 heterocycles. The first-order valence-corrected chi connectivity index (χ1v) is 4.75. The van der Waals surface area contributed by atoms with Gasteiger partial charge in [-0.1, -0.05) is 13.8 Å². The van der Waals surface area contributed by atoms with Gasteiger partial charge < -0.3 is 4.74 Å². The molecule has 3 heteroatoms. The molecule has 0 saturated carbocycles. The normalized spacial score (nSPS) is 9.27. The predicted molar refractivity (Wildman–Crippen MR) is 56.1 cm³/mol. The van der Waals surface area contributed by atoms with Crippen molar-refractivity contribution in [1.29, 1.82) is 0 Å². The summed E-state index contributed by atoms with van der Waals surface area (Å²) >= 11 is 9.87. The Balaban J connectivity index is 3.49. The molecule has 0 bridgehead atoms. The average molecular weight is 190 g/mol. The highest BCUT2D eigenvalue weighted by Crippen LogP contribution is 2.00. The summed E-state index contributed by atoms with van der Waals surface area (Å²) in [5.74, 6) is 0. The van der Waals surface area contributed by atoms with Crippen molar-refractivity contribution in [2.24, 2.45) is 0 Å². The molecular weight excluding hydrogens is 176 g/mol. The van der Waals surface area contributed by atoms with Crippen LogP contribution in [-0.4, -0.2) is 10.1 Å². The molecule has 0 atom stereocenters. The van der Waals surface area contributed by atoms with Gasteiger partial charge in [0.2, 0.25) is 0 Å². The Morgan fingerprint density at radius 3 is 1.64 bits per heavy atom. The number of rotatable bonds is 4. The van der Waals surface area contributed by atoms with E-state index in [4.69, 9.17) is 29.2 Å². The monoisotopic (exact) mass is 190 g/mol. The van der Waals surface area contributed by atoms with Crippen LogP contribution in [0.3, 0.4) is 0 Å². The second-order valence-corrected chi connectivity index (χ2v) is 3.26. The maximum absolute atomic E-state index is 5.19. The molecule has 0 aliphatic heterocycles. The molecule has 64 valence electrons. The highest BCUT2D eigenvalue weighted by atomic mass is 32.1. The van der Waals surface area contributed by atoms with Crippen LogP contribution < -0.4 is 0 Å². The topological polar surface area (TPSA) is 9.23 Å². The maximum atomic E-state index is 5.19. The summed E-state index contributed by atoms with van der Waals surface area (Å²) in [6.45, 7) is 4.14. The van der Waals surface area contributed by atoms with Gasteiger partial charge in [0.1, 0.15) is 0 Å². The lowest BCUT2D eigenvalue weighted by Crippen LogP contribution is -2.07. The van der Waals surface area contributed by atoms with E-state index in [0.29, 0.717) is 10.1 Å². The summed E-state index contributed by atoms with van der Waals surface area (Å²) in [7, 11) is 0. The summed E-state index contributed by atoms with van der Waals surface area (Å²) in [5.41, 5.74) is 0. The van der Waals surface area contributed by atoms with Crippen LogP contribution in [0.25, 0.3) is 0 Å². The molecule has 0 saturated heterocycles. The Morgan fingerprint density at radius 2 is 1.36 bits per heavy atom. The third kappa shape index (κ3) is 6.38. The molecule has 0 rings (SSSR count). The molecule has 0 aliphatic carbocycles.